The normalized spacial score (nSPS) is 15.4. The predicted octanol–water partition coefficient (Wildman–Crippen LogP) is 9.57. The van der Waals surface area contributed by atoms with Gasteiger partial charge in [-0.3, -0.25) is 0 Å². The summed E-state index contributed by atoms with van der Waals surface area (Å²) in [6.07, 6.45) is 9.90. The summed E-state index contributed by atoms with van der Waals surface area (Å²) in [6, 6.07) is 13.7. The Balaban J connectivity index is 1.75. The van der Waals surface area contributed by atoms with Crippen LogP contribution in [0, 0.1) is 5.41 Å². The van der Waals surface area contributed by atoms with Gasteiger partial charge in [0.05, 0.1) is 25.0 Å². The molecule has 2 aromatic carbocycles. The molecule has 0 fully saturated rings. The van der Waals surface area contributed by atoms with Crippen molar-refractivity contribution in [1.29, 1.82) is 0 Å². The molecule has 0 saturated carbocycles. The van der Waals surface area contributed by atoms with Gasteiger partial charge in [-0.25, -0.2) is 4.42 Å². The highest BCUT2D eigenvalue weighted by Crippen LogP contribution is 2.41. The van der Waals surface area contributed by atoms with Crippen molar-refractivity contribution < 1.29 is 18.6 Å². The van der Waals surface area contributed by atoms with Crippen molar-refractivity contribution in [1.82, 2.24) is 0 Å². The van der Waals surface area contributed by atoms with Crippen LogP contribution in [0.15, 0.2) is 82.0 Å². The summed E-state index contributed by atoms with van der Waals surface area (Å²) in [6.45, 7) is 12.8. The fourth-order valence-electron chi connectivity index (χ4n) is 4.04. The van der Waals surface area contributed by atoms with E-state index in [1.54, 1.807) is 14.2 Å². The molecule has 0 atom stereocenters. The Morgan fingerprint density at radius 3 is 2.24 bits per heavy atom. The number of allylic oxidation sites excluding steroid dienone is 7. The summed E-state index contributed by atoms with van der Waals surface area (Å²) in [7, 11) is 3.32. The van der Waals surface area contributed by atoms with Gasteiger partial charge in [0, 0.05) is 33.7 Å². The van der Waals surface area contributed by atoms with Gasteiger partial charge < -0.3 is 14.2 Å². The molecular weight excluding hydrogens is 496 g/mol. The molecule has 1 aliphatic heterocycles. The summed E-state index contributed by atoms with van der Waals surface area (Å²) < 4.78 is 23.3. The van der Waals surface area contributed by atoms with E-state index in [0.717, 1.165) is 56.4 Å². The van der Waals surface area contributed by atoms with Gasteiger partial charge >= 0.3 is 11.3 Å². The van der Waals surface area contributed by atoms with Crippen molar-refractivity contribution in [3.63, 3.8) is 0 Å². The molecule has 2 heterocycles. The minimum absolute atomic E-state index is 0.143. The number of methoxy groups -OCH3 is 2. The lowest BCUT2D eigenvalue weighted by Gasteiger charge is -2.28. The SMILES string of the molecule is COc1ccc2c(c1)/C(=C/C=C(Cl)/C=C/c1cc(C(C)(C)C)[o+]c3ccc(OC)cc13)C=C(C(C)(C)C)O2. The van der Waals surface area contributed by atoms with Gasteiger partial charge in [0.25, 0.3) is 0 Å². The Kier molecular flexibility index (Phi) is 7.75. The first kappa shape index (κ1) is 27.5. The second-order valence-corrected chi connectivity index (χ2v) is 11.8. The van der Waals surface area contributed by atoms with Crippen molar-refractivity contribution >= 4 is 34.2 Å². The average Bonchev–Trinajstić information content (AvgIpc) is 2.88. The fraction of sp³-hybridized carbons (Fsp3) is 0.303. The Morgan fingerprint density at radius 1 is 0.895 bits per heavy atom. The summed E-state index contributed by atoms with van der Waals surface area (Å²) >= 11 is 6.71. The van der Waals surface area contributed by atoms with E-state index >= 15 is 0 Å². The van der Waals surface area contributed by atoms with Crippen LogP contribution in [0.4, 0.5) is 0 Å². The Morgan fingerprint density at radius 2 is 1.58 bits per heavy atom. The molecule has 4 nitrogen and oxygen atoms in total. The van der Waals surface area contributed by atoms with Crippen molar-refractivity contribution in [3.05, 3.63) is 94.4 Å². The quantitative estimate of drug-likeness (QED) is 0.242. The van der Waals surface area contributed by atoms with Crippen molar-refractivity contribution in [2.75, 3.05) is 14.2 Å². The van der Waals surface area contributed by atoms with Crippen LogP contribution in [0.1, 0.15) is 58.4 Å². The molecule has 0 saturated heterocycles. The van der Waals surface area contributed by atoms with Crippen LogP contribution in [-0.2, 0) is 5.41 Å². The molecule has 198 valence electrons. The zero-order chi connectivity index (χ0) is 27.7. The third kappa shape index (κ3) is 6.14. The van der Waals surface area contributed by atoms with Gasteiger partial charge in [-0.15, -0.1) is 0 Å². The lowest BCUT2D eigenvalue weighted by molar-refractivity contribution is 0.290. The summed E-state index contributed by atoms with van der Waals surface area (Å²) in [5.74, 6) is 4.13. The zero-order valence-corrected chi connectivity index (χ0v) is 24.2. The van der Waals surface area contributed by atoms with Crippen LogP contribution < -0.4 is 14.2 Å². The molecule has 3 aromatic rings. The lowest BCUT2D eigenvalue weighted by Crippen LogP contribution is -2.18. The Bertz CT molecular complexity index is 1480. The molecular formula is C33H36ClO4+. The van der Waals surface area contributed by atoms with E-state index in [1.165, 1.54) is 0 Å². The molecule has 1 aliphatic rings. The van der Waals surface area contributed by atoms with E-state index in [9.17, 15) is 0 Å². The third-order valence-corrected chi connectivity index (χ3v) is 6.58. The molecule has 4 rings (SSSR count). The minimum Gasteiger partial charge on any atom is -0.497 e. The topological polar surface area (TPSA) is 39.0 Å². The number of benzene rings is 2. The molecule has 1 aromatic heterocycles. The number of fused-ring (bicyclic) bond motifs is 2. The highest BCUT2D eigenvalue weighted by Gasteiger charge is 2.29. The second kappa shape index (κ2) is 10.7. The van der Waals surface area contributed by atoms with Gasteiger partial charge in [0.2, 0.25) is 0 Å². The second-order valence-electron chi connectivity index (χ2n) is 11.4. The van der Waals surface area contributed by atoms with Crippen molar-refractivity contribution in [2.24, 2.45) is 5.41 Å². The van der Waals surface area contributed by atoms with Gasteiger partial charge in [-0.05, 0) is 74.9 Å². The van der Waals surface area contributed by atoms with E-state index in [1.807, 2.05) is 60.7 Å². The highest BCUT2D eigenvalue weighted by atomic mass is 35.5. The maximum absolute atomic E-state index is 6.71. The summed E-state index contributed by atoms with van der Waals surface area (Å²) in [5.41, 5.74) is 3.48. The minimum atomic E-state index is -0.143. The standard InChI is InChI=1S/C33H36ClO4/c1-32(2,3)30-17-21(26-19-24(35-7)13-15-28(26)37-30)9-11-23(34)12-10-22-18-31(33(4,5)6)38-29-16-14-25(36-8)20-27(22)29/h9-20H,1-8H3/q+1. The number of halogens is 1. The van der Waals surface area contributed by atoms with Crippen LogP contribution in [0.3, 0.4) is 0 Å². The smallest absolute Gasteiger partial charge is 0.361 e. The molecule has 5 heteroatoms. The molecule has 38 heavy (non-hydrogen) atoms. The van der Waals surface area contributed by atoms with Crippen LogP contribution in [0.5, 0.6) is 17.2 Å². The summed E-state index contributed by atoms with van der Waals surface area (Å²) in [4.78, 5) is 0. The average molecular weight is 532 g/mol. The van der Waals surface area contributed by atoms with E-state index in [2.05, 4.69) is 53.7 Å². The maximum atomic E-state index is 6.71. The number of hydrogen-bond acceptors (Lipinski definition) is 3. The van der Waals surface area contributed by atoms with E-state index in [4.69, 9.17) is 30.2 Å². The predicted molar refractivity (Wildman–Crippen MR) is 158 cm³/mol. The first-order valence-electron chi connectivity index (χ1n) is 12.7. The van der Waals surface area contributed by atoms with Gasteiger partial charge in [0.1, 0.15) is 23.0 Å². The first-order valence-corrected chi connectivity index (χ1v) is 13.1. The molecule has 0 radical (unpaired) electrons. The van der Waals surface area contributed by atoms with Gasteiger partial charge in [0.15, 0.2) is 0 Å². The first-order chi connectivity index (χ1) is 17.9. The van der Waals surface area contributed by atoms with E-state index in [0.29, 0.717) is 5.03 Å². The monoisotopic (exact) mass is 531 g/mol. The van der Waals surface area contributed by atoms with Gasteiger partial charge in [-0.1, -0.05) is 44.5 Å². The number of ether oxygens (including phenoxy) is 3. The molecule has 0 aliphatic carbocycles. The van der Waals surface area contributed by atoms with Crippen LogP contribution in [0.25, 0.3) is 22.6 Å². The van der Waals surface area contributed by atoms with Crippen LogP contribution in [0.2, 0.25) is 0 Å². The van der Waals surface area contributed by atoms with E-state index < -0.39 is 0 Å². The Hall–Kier alpha value is -3.50. The molecule has 0 spiro atoms. The molecule has 0 amide bonds. The number of rotatable bonds is 5. The fourth-order valence-corrected chi connectivity index (χ4v) is 4.17. The Labute approximate surface area is 230 Å². The van der Waals surface area contributed by atoms with Crippen LogP contribution in [-0.4, -0.2) is 14.2 Å². The third-order valence-electron chi connectivity index (χ3n) is 6.33. The zero-order valence-electron chi connectivity index (χ0n) is 23.4. The van der Waals surface area contributed by atoms with Crippen molar-refractivity contribution in [2.45, 2.75) is 47.0 Å². The molecule has 0 unspecified atom stereocenters. The maximum Gasteiger partial charge on any atom is 0.361 e. The van der Waals surface area contributed by atoms with E-state index in [-0.39, 0.29) is 10.8 Å². The molecule has 0 bridgehead atoms. The number of hydrogen-bond donors (Lipinski definition) is 0. The lowest BCUT2D eigenvalue weighted by atomic mass is 9.89. The largest absolute Gasteiger partial charge is 0.497 e. The highest BCUT2D eigenvalue weighted by molar-refractivity contribution is 6.31. The van der Waals surface area contributed by atoms with Gasteiger partial charge in [-0.2, -0.15) is 0 Å². The summed E-state index contributed by atoms with van der Waals surface area (Å²) in [5, 5.41) is 1.55. The van der Waals surface area contributed by atoms with Crippen LogP contribution >= 0.6 is 11.6 Å². The van der Waals surface area contributed by atoms with Crippen molar-refractivity contribution in [3.8, 4) is 17.2 Å². The molecule has 0 N–H and O–H groups in total.